The fourth-order valence-electron chi connectivity index (χ4n) is 6.02. The van der Waals surface area contributed by atoms with Gasteiger partial charge in [-0.2, -0.15) is 5.10 Å². The van der Waals surface area contributed by atoms with Crippen molar-refractivity contribution in [2.24, 2.45) is 0 Å². The van der Waals surface area contributed by atoms with E-state index >= 15 is 0 Å². The van der Waals surface area contributed by atoms with Gasteiger partial charge in [0, 0.05) is 31.4 Å². The number of likely N-dealkylation sites (tertiary alicyclic amines) is 1. The maximum atomic E-state index is 14.2. The van der Waals surface area contributed by atoms with Crippen LogP contribution in [0.2, 0.25) is 0 Å². The van der Waals surface area contributed by atoms with E-state index in [1.807, 2.05) is 30.0 Å². The van der Waals surface area contributed by atoms with Crippen molar-refractivity contribution in [3.05, 3.63) is 53.1 Å². The van der Waals surface area contributed by atoms with Gasteiger partial charge in [-0.25, -0.2) is 9.37 Å². The Labute approximate surface area is 233 Å². The number of aromatic hydroxyl groups is 1. The van der Waals surface area contributed by atoms with Gasteiger partial charge in [-0.3, -0.25) is 14.8 Å². The van der Waals surface area contributed by atoms with Crippen molar-refractivity contribution < 1.29 is 14.3 Å². The van der Waals surface area contributed by atoms with Gasteiger partial charge in [0.1, 0.15) is 5.69 Å². The highest BCUT2D eigenvalue weighted by Crippen LogP contribution is 2.35. The number of halogens is 1. The van der Waals surface area contributed by atoms with Gasteiger partial charge in [0.2, 0.25) is 5.91 Å². The monoisotopic (exact) mass is 545 g/mol. The number of phenols is 1. The van der Waals surface area contributed by atoms with E-state index in [0.717, 1.165) is 58.6 Å². The number of nitrogens with zero attached hydrogens (tertiary/aromatic N) is 5. The van der Waals surface area contributed by atoms with Gasteiger partial charge in [-0.15, -0.1) is 0 Å². The minimum atomic E-state index is -0.641. The van der Waals surface area contributed by atoms with E-state index in [0.29, 0.717) is 30.9 Å². The molecule has 0 saturated carbocycles. The Bertz CT molecular complexity index is 1600. The average Bonchev–Trinajstić information content (AvgIpc) is 3.54. The molecule has 6 rings (SSSR count). The molecule has 40 heavy (non-hydrogen) atoms. The lowest BCUT2D eigenvalue weighted by Crippen LogP contribution is -2.70. The zero-order valence-electron chi connectivity index (χ0n) is 23.7. The average molecular weight is 546 g/mol. The van der Waals surface area contributed by atoms with E-state index in [9.17, 15) is 14.3 Å². The largest absolute Gasteiger partial charge is 0.505 e. The molecule has 2 aromatic heterocycles. The number of carbonyl (C=O) groups is 1. The molecule has 0 radical (unpaired) electrons. The number of nitrogens with one attached hydrogen (secondary N) is 2. The van der Waals surface area contributed by atoms with Crippen LogP contribution in [0.5, 0.6) is 5.75 Å². The number of imidazole rings is 1. The summed E-state index contributed by atoms with van der Waals surface area (Å²) in [7, 11) is 4.13. The van der Waals surface area contributed by atoms with Crippen molar-refractivity contribution in [1.82, 2.24) is 34.9 Å². The van der Waals surface area contributed by atoms with Crippen LogP contribution in [-0.4, -0.2) is 91.2 Å². The summed E-state index contributed by atoms with van der Waals surface area (Å²) in [6, 6.07) is 8.49. The lowest BCUT2D eigenvalue weighted by molar-refractivity contribution is -0.150. The molecule has 4 aromatic rings. The number of hydrogen-bond acceptors (Lipinski definition) is 6. The number of carbonyl (C=O) groups excluding carboxylic acids is 1. The van der Waals surface area contributed by atoms with Gasteiger partial charge in [-0.05, 0) is 74.9 Å². The first-order valence-corrected chi connectivity index (χ1v) is 13.9. The molecule has 210 valence electrons. The summed E-state index contributed by atoms with van der Waals surface area (Å²) >= 11 is 0. The van der Waals surface area contributed by atoms with E-state index in [1.54, 1.807) is 0 Å². The number of rotatable bonds is 6. The van der Waals surface area contributed by atoms with Crippen molar-refractivity contribution in [3.8, 4) is 28.4 Å². The minimum absolute atomic E-state index is 0.0292. The number of aryl methyl sites for hydroxylation is 1. The molecule has 2 aliphatic heterocycles. The van der Waals surface area contributed by atoms with E-state index in [-0.39, 0.29) is 23.2 Å². The summed E-state index contributed by atoms with van der Waals surface area (Å²) in [5.74, 6) is -0.138. The second kappa shape index (κ2) is 9.71. The molecule has 4 heterocycles. The van der Waals surface area contributed by atoms with Gasteiger partial charge in [0.05, 0.1) is 28.5 Å². The standard InChI is InChI=1S/C30H36FN7O2/c1-6-17-11-26(39)21(31)12-20(17)18-8-9-19-22(10-18)34-35-27(19)28-32-23-13-25(37(7-2)14-24(23)33-28)29(40)38-15-30(3,16-38)36(4)5/h8-12,25,39H,6-7,13-16H2,1-5H3,(H,32,33)(H,34,35)/t25-/m1/s1. The van der Waals surface area contributed by atoms with Crippen molar-refractivity contribution in [2.75, 3.05) is 33.7 Å². The number of benzene rings is 2. The quantitative estimate of drug-likeness (QED) is 0.339. The smallest absolute Gasteiger partial charge is 0.240 e. The highest BCUT2D eigenvalue weighted by Gasteiger charge is 2.46. The summed E-state index contributed by atoms with van der Waals surface area (Å²) in [5, 5.41) is 18.4. The zero-order chi connectivity index (χ0) is 28.3. The summed E-state index contributed by atoms with van der Waals surface area (Å²) in [4.78, 5) is 28.2. The molecule has 1 atom stereocenters. The van der Waals surface area contributed by atoms with Crippen LogP contribution in [-0.2, 0) is 24.2 Å². The van der Waals surface area contributed by atoms with E-state index < -0.39 is 5.82 Å². The second-order valence-electron chi connectivity index (χ2n) is 11.5. The fraction of sp³-hybridized carbons (Fsp3) is 0.433. The van der Waals surface area contributed by atoms with Crippen LogP contribution in [0.1, 0.15) is 37.7 Å². The number of likely N-dealkylation sites (N-methyl/N-ethyl adjacent to an activating group) is 2. The molecule has 2 aliphatic rings. The molecule has 9 nitrogen and oxygen atoms in total. The Morgan fingerprint density at radius 1 is 1.23 bits per heavy atom. The number of amides is 1. The summed E-state index contributed by atoms with van der Waals surface area (Å²) in [6.07, 6.45) is 1.23. The van der Waals surface area contributed by atoms with Crippen LogP contribution >= 0.6 is 0 Å². The van der Waals surface area contributed by atoms with E-state index in [4.69, 9.17) is 4.98 Å². The number of aromatic amines is 2. The van der Waals surface area contributed by atoms with Crippen LogP contribution < -0.4 is 0 Å². The van der Waals surface area contributed by atoms with Gasteiger partial charge in [0.15, 0.2) is 17.4 Å². The lowest BCUT2D eigenvalue weighted by atomic mass is 9.89. The first-order chi connectivity index (χ1) is 19.1. The predicted octanol–water partition coefficient (Wildman–Crippen LogP) is 3.94. The van der Waals surface area contributed by atoms with Crippen LogP contribution in [0, 0.1) is 5.82 Å². The third-order valence-electron chi connectivity index (χ3n) is 8.85. The molecule has 1 saturated heterocycles. The minimum Gasteiger partial charge on any atom is -0.505 e. The normalized spacial score (nSPS) is 18.8. The van der Waals surface area contributed by atoms with Crippen LogP contribution in [0.15, 0.2) is 30.3 Å². The van der Waals surface area contributed by atoms with Crippen LogP contribution in [0.4, 0.5) is 4.39 Å². The fourth-order valence-corrected chi connectivity index (χ4v) is 6.02. The molecule has 0 aliphatic carbocycles. The van der Waals surface area contributed by atoms with Crippen molar-refractivity contribution >= 4 is 16.8 Å². The molecule has 1 amide bonds. The van der Waals surface area contributed by atoms with Crippen molar-refractivity contribution in [1.29, 1.82) is 0 Å². The van der Waals surface area contributed by atoms with E-state index in [1.165, 1.54) is 12.1 Å². The Morgan fingerprint density at radius 3 is 2.70 bits per heavy atom. The molecule has 0 bridgehead atoms. The second-order valence-corrected chi connectivity index (χ2v) is 11.5. The number of hydrogen-bond donors (Lipinski definition) is 3. The maximum absolute atomic E-state index is 14.2. The van der Waals surface area contributed by atoms with Gasteiger partial charge in [-0.1, -0.05) is 19.9 Å². The maximum Gasteiger partial charge on any atom is 0.240 e. The third-order valence-corrected chi connectivity index (χ3v) is 8.85. The highest BCUT2D eigenvalue weighted by atomic mass is 19.1. The first kappa shape index (κ1) is 26.5. The molecule has 10 heteroatoms. The van der Waals surface area contributed by atoms with Crippen LogP contribution in [0.3, 0.4) is 0 Å². The Hall–Kier alpha value is -3.76. The molecule has 0 unspecified atom stereocenters. The van der Waals surface area contributed by atoms with Gasteiger partial charge in [0.25, 0.3) is 0 Å². The van der Waals surface area contributed by atoms with Gasteiger partial charge < -0.3 is 19.9 Å². The SMILES string of the molecule is CCc1cc(O)c(F)cc1-c1ccc2c(-c3nc4c([nH]3)CN(CC)[C@@H](C(=O)N3CC(C)(N(C)C)C3)C4)n[nH]c2c1. The Kier molecular flexibility index (Phi) is 6.42. The molecular weight excluding hydrogens is 509 g/mol. The summed E-state index contributed by atoms with van der Waals surface area (Å²) < 4.78 is 14.2. The molecule has 1 fully saturated rings. The lowest BCUT2D eigenvalue weighted by Gasteiger charge is -2.53. The summed E-state index contributed by atoms with van der Waals surface area (Å²) in [5.41, 5.74) is 5.92. The number of H-pyrrole nitrogens is 2. The Balaban J connectivity index is 1.27. The number of phenolic OH excluding ortho intramolecular Hbond substituents is 1. The number of fused-ring (bicyclic) bond motifs is 2. The highest BCUT2D eigenvalue weighted by molar-refractivity contribution is 5.94. The zero-order valence-corrected chi connectivity index (χ0v) is 23.7. The van der Waals surface area contributed by atoms with Crippen molar-refractivity contribution in [3.63, 3.8) is 0 Å². The molecular formula is C30H36FN7O2. The van der Waals surface area contributed by atoms with Crippen molar-refractivity contribution in [2.45, 2.75) is 51.7 Å². The topological polar surface area (TPSA) is 104 Å². The molecule has 2 aromatic carbocycles. The van der Waals surface area contributed by atoms with Crippen LogP contribution in [0.25, 0.3) is 33.5 Å². The predicted molar refractivity (Wildman–Crippen MR) is 152 cm³/mol. The van der Waals surface area contributed by atoms with E-state index in [2.05, 4.69) is 52.9 Å². The molecule has 3 N–H and O–H groups in total. The first-order valence-electron chi connectivity index (χ1n) is 13.9. The third kappa shape index (κ3) is 4.26. The Morgan fingerprint density at radius 2 is 2.00 bits per heavy atom. The number of aromatic nitrogens is 4. The summed E-state index contributed by atoms with van der Waals surface area (Å²) in [6.45, 7) is 9.14. The van der Waals surface area contributed by atoms with Gasteiger partial charge >= 0.3 is 0 Å². The molecule has 0 spiro atoms.